The van der Waals surface area contributed by atoms with E-state index in [2.05, 4.69) is 48.6 Å². The summed E-state index contributed by atoms with van der Waals surface area (Å²) in [6.45, 7) is 2.60. The van der Waals surface area contributed by atoms with Crippen LogP contribution >= 0.6 is 0 Å². The molecule has 1 fully saturated rings. The Morgan fingerprint density at radius 3 is 2.65 bits per heavy atom. The van der Waals surface area contributed by atoms with Crippen LogP contribution in [0.1, 0.15) is 48.4 Å². The molecule has 4 aromatic rings. The summed E-state index contributed by atoms with van der Waals surface area (Å²) in [5, 5.41) is 15.6. The quantitative estimate of drug-likeness (QED) is 0.422. The maximum absolute atomic E-state index is 12.6. The molecule has 10 heteroatoms. The Labute approximate surface area is 194 Å². The van der Waals surface area contributed by atoms with Crippen LogP contribution in [0.2, 0.25) is 0 Å². The number of nitrogens with zero attached hydrogens (tertiary/aromatic N) is 7. The van der Waals surface area contributed by atoms with Crippen molar-refractivity contribution in [3.8, 4) is 22.7 Å². The van der Waals surface area contributed by atoms with Gasteiger partial charge >= 0.3 is 6.43 Å². The molecule has 0 atom stereocenters. The molecule has 4 heterocycles. The fourth-order valence-electron chi connectivity index (χ4n) is 4.56. The van der Waals surface area contributed by atoms with Gasteiger partial charge in [-0.1, -0.05) is 23.8 Å². The number of rotatable bonds is 6. The van der Waals surface area contributed by atoms with Crippen molar-refractivity contribution in [3.05, 3.63) is 65.4 Å². The average molecular weight is 463 g/mol. The van der Waals surface area contributed by atoms with Crippen LogP contribution in [0.4, 0.5) is 8.78 Å². The van der Waals surface area contributed by atoms with Gasteiger partial charge in [0.15, 0.2) is 0 Å². The third-order valence-corrected chi connectivity index (χ3v) is 6.70. The van der Waals surface area contributed by atoms with E-state index in [1.54, 1.807) is 16.8 Å². The molecular formula is C24H23F2N7O. The van der Waals surface area contributed by atoms with E-state index in [9.17, 15) is 8.78 Å². The van der Waals surface area contributed by atoms with Crippen molar-refractivity contribution in [1.29, 1.82) is 0 Å². The summed E-state index contributed by atoms with van der Waals surface area (Å²) in [5.41, 5.74) is 5.93. The maximum Gasteiger partial charge on any atom is 0.314 e. The molecule has 0 spiro atoms. The molecule has 8 nitrogen and oxygen atoms in total. The summed E-state index contributed by atoms with van der Waals surface area (Å²) in [6, 6.07) is 10.9. The van der Waals surface area contributed by atoms with Gasteiger partial charge < -0.3 is 4.42 Å². The minimum atomic E-state index is -2.80. The van der Waals surface area contributed by atoms with Crippen LogP contribution in [0.5, 0.6) is 0 Å². The third kappa shape index (κ3) is 4.09. The number of alkyl halides is 2. The van der Waals surface area contributed by atoms with Crippen molar-refractivity contribution in [3.63, 3.8) is 0 Å². The molecule has 2 aliphatic rings. The molecule has 0 saturated heterocycles. The van der Waals surface area contributed by atoms with Crippen LogP contribution in [0.15, 0.2) is 47.1 Å². The van der Waals surface area contributed by atoms with Gasteiger partial charge in [-0.05, 0) is 48.6 Å². The predicted octanol–water partition coefficient (Wildman–Crippen LogP) is 4.29. The van der Waals surface area contributed by atoms with E-state index < -0.39 is 12.3 Å². The van der Waals surface area contributed by atoms with Gasteiger partial charge in [-0.25, -0.2) is 4.68 Å². The molecule has 3 aromatic heterocycles. The Morgan fingerprint density at radius 1 is 1.03 bits per heavy atom. The van der Waals surface area contributed by atoms with Gasteiger partial charge in [0.1, 0.15) is 5.69 Å². The van der Waals surface area contributed by atoms with E-state index in [0.29, 0.717) is 12.1 Å². The van der Waals surface area contributed by atoms with Gasteiger partial charge in [0.05, 0.1) is 24.0 Å². The molecule has 0 N–H and O–H groups in total. The second-order valence-corrected chi connectivity index (χ2v) is 8.87. The zero-order valence-electron chi connectivity index (χ0n) is 18.4. The molecule has 1 aliphatic carbocycles. The first-order valence-electron chi connectivity index (χ1n) is 11.5. The van der Waals surface area contributed by atoms with Crippen LogP contribution in [-0.2, 0) is 19.5 Å². The Kier molecular flexibility index (Phi) is 5.37. The Balaban J connectivity index is 1.13. The summed E-state index contributed by atoms with van der Waals surface area (Å²) < 4.78 is 32.0. The number of fused-ring (bicyclic) bond motifs is 1. The van der Waals surface area contributed by atoms with Crippen molar-refractivity contribution < 1.29 is 13.2 Å². The lowest BCUT2D eigenvalue weighted by Gasteiger charge is -2.40. The monoisotopic (exact) mass is 463 g/mol. The average Bonchev–Trinajstić information content (AvgIpc) is 3.49. The number of hydrogen-bond donors (Lipinski definition) is 0. The van der Waals surface area contributed by atoms with E-state index in [0.717, 1.165) is 42.5 Å². The SMILES string of the molecule is FC(F)c1nnc(-c2ccc(Cn3cc(-c4ccc5c(c4)CCN(C4CCC4)C5)nn3)nc2)o1. The molecule has 174 valence electrons. The fraction of sp³-hybridized carbons (Fsp3) is 0.375. The van der Waals surface area contributed by atoms with E-state index >= 15 is 0 Å². The van der Waals surface area contributed by atoms with Gasteiger partial charge in [0, 0.05) is 30.9 Å². The highest BCUT2D eigenvalue weighted by molar-refractivity contribution is 5.60. The summed E-state index contributed by atoms with van der Waals surface area (Å²) in [6.07, 6.45) is 5.74. The second kappa shape index (κ2) is 8.68. The fourth-order valence-corrected chi connectivity index (χ4v) is 4.56. The van der Waals surface area contributed by atoms with E-state index in [4.69, 9.17) is 4.42 Å². The Bertz CT molecular complexity index is 1300. The van der Waals surface area contributed by atoms with Gasteiger partial charge in [-0.15, -0.1) is 15.3 Å². The molecule has 0 radical (unpaired) electrons. The van der Waals surface area contributed by atoms with Crippen LogP contribution < -0.4 is 0 Å². The summed E-state index contributed by atoms with van der Waals surface area (Å²) in [5.74, 6) is -0.687. The minimum Gasteiger partial charge on any atom is -0.415 e. The van der Waals surface area contributed by atoms with Crippen molar-refractivity contribution in [2.75, 3.05) is 6.54 Å². The summed E-state index contributed by atoms with van der Waals surface area (Å²) in [7, 11) is 0. The molecule has 0 bridgehead atoms. The predicted molar refractivity (Wildman–Crippen MR) is 119 cm³/mol. The highest BCUT2D eigenvalue weighted by Gasteiger charge is 2.28. The van der Waals surface area contributed by atoms with Crippen LogP contribution in [-0.4, -0.2) is 47.7 Å². The highest BCUT2D eigenvalue weighted by Crippen LogP contribution is 2.31. The second-order valence-electron chi connectivity index (χ2n) is 8.87. The van der Waals surface area contributed by atoms with Gasteiger partial charge in [-0.2, -0.15) is 8.78 Å². The number of halogens is 2. The lowest BCUT2D eigenvalue weighted by atomic mass is 9.88. The molecule has 0 unspecified atom stereocenters. The van der Waals surface area contributed by atoms with Crippen molar-refractivity contribution in [1.82, 2.24) is 35.1 Å². The third-order valence-electron chi connectivity index (χ3n) is 6.70. The Morgan fingerprint density at radius 2 is 1.91 bits per heavy atom. The van der Waals surface area contributed by atoms with Crippen LogP contribution in [0.25, 0.3) is 22.7 Å². The number of benzene rings is 1. The smallest absolute Gasteiger partial charge is 0.314 e. The molecule has 1 aromatic carbocycles. The zero-order chi connectivity index (χ0) is 23.1. The number of pyridine rings is 1. The maximum atomic E-state index is 12.6. The van der Waals surface area contributed by atoms with Crippen LogP contribution in [0.3, 0.4) is 0 Å². The lowest BCUT2D eigenvalue weighted by Crippen LogP contribution is -2.42. The Hall–Kier alpha value is -3.53. The zero-order valence-corrected chi connectivity index (χ0v) is 18.4. The normalized spacial score (nSPS) is 16.6. The standard InChI is InChI=1S/C24H23F2N7O/c25-22(26)24-30-29-23(34-24)17-6-7-19(27-11-17)13-33-14-21(28-31-33)16-4-5-18-12-32(20-2-1-3-20)9-8-15(18)10-16/h4-7,10-11,14,20,22H,1-3,8-9,12-13H2. The lowest BCUT2D eigenvalue weighted by molar-refractivity contribution is 0.113. The topological polar surface area (TPSA) is 85.8 Å². The molecule has 1 aliphatic heterocycles. The largest absolute Gasteiger partial charge is 0.415 e. The highest BCUT2D eigenvalue weighted by atomic mass is 19.3. The van der Waals surface area contributed by atoms with Crippen molar-refractivity contribution in [2.24, 2.45) is 0 Å². The molecule has 1 saturated carbocycles. The van der Waals surface area contributed by atoms with E-state index in [-0.39, 0.29) is 5.89 Å². The molecule has 6 rings (SSSR count). The first kappa shape index (κ1) is 21.0. The van der Waals surface area contributed by atoms with Gasteiger partial charge in [0.2, 0.25) is 5.89 Å². The molecular weight excluding hydrogens is 440 g/mol. The molecule has 34 heavy (non-hydrogen) atoms. The van der Waals surface area contributed by atoms with E-state index in [1.165, 1.54) is 36.6 Å². The first-order valence-corrected chi connectivity index (χ1v) is 11.5. The van der Waals surface area contributed by atoms with Gasteiger partial charge in [0.25, 0.3) is 5.89 Å². The number of hydrogen-bond acceptors (Lipinski definition) is 7. The first-order chi connectivity index (χ1) is 16.6. The minimum absolute atomic E-state index is 0.0145. The van der Waals surface area contributed by atoms with Crippen molar-refractivity contribution in [2.45, 2.75) is 51.2 Å². The van der Waals surface area contributed by atoms with E-state index in [1.807, 2.05) is 6.20 Å². The summed E-state index contributed by atoms with van der Waals surface area (Å²) >= 11 is 0. The van der Waals surface area contributed by atoms with Gasteiger partial charge in [-0.3, -0.25) is 9.88 Å². The van der Waals surface area contributed by atoms with Crippen LogP contribution in [0, 0.1) is 0 Å². The molecule has 0 amide bonds. The summed E-state index contributed by atoms with van der Waals surface area (Å²) in [4.78, 5) is 6.99. The number of aromatic nitrogens is 6. The van der Waals surface area contributed by atoms with Crippen molar-refractivity contribution >= 4 is 0 Å².